The fourth-order valence-electron chi connectivity index (χ4n) is 0.572. The molecule has 1 unspecified atom stereocenters. The number of nitrogens with zero attached hydrogens (tertiary/aromatic N) is 2. The molecule has 1 rings (SSSR count). The number of aromatic nitrogens is 2. The van der Waals surface area contributed by atoms with Crippen molar-refractivity contribution in [3.8, 4) is 6.07 Å². The molecule has 0 amide bonds. The van der Waals surface area contributed by atoms with Crippen molar-refractivity contribution in [2.75, 3.05) is 0 Å². The maximum absolute atomic E-state index is 8.41. The van der Waals surface area contributed by atoms with Crippen LogP contribution in [0.4, 0.5) is 0 Å². The Bertz CT molecular complexity index is 207. The monoisotopic (exact) mass is 121 g/mol. The predicted octanol–water partition coefficient (Wildman–Crippen LogP) is 1.04. The Balaban J connectivity index is 2.80. The molecule has 3 heteroatoms. The van der Waals surface area contributed by atoms with Gasteiger partial charge >= 0.3 is 0 Å². The Morgan fingerprint density at radius 2 is 2.67 bits per heavy atom. The second-order valence-corrected chi connectivity index (χ2v) is 1.88. The molecule has 9 heavy (non-hydrogen) atoms. The molecule has 0 bridgehead atoms. The van der Waals surface area contributed by atoms with Crippen molar-refractivity contribution in [3.63, 3.8) is 0 Å². The largest absolute Gasteiger partial charge is 0.285 e. The van der Waals surface area contributed by atoms with Gasteiger partial charge in [-0.25, -0.2) is 0 Å². The van der Waals surface area contributed by atoms with Crippen LogP contribution in [0, 0.1) is 11.3 Å². The van der Waals surface area contributed by atoms with Gasteiger partial charge in [0.2, 0.25) is 0 Å². The van der Waals surface area contributed by atoms with Gasteiger partial charge in [0.05, 0.1) is 18.2 Å². The van der Waals surface area contributed by atoms with Crippen LogP contribution in [-0.2, 0) is 0 Å². The number of rotatable bonds is 1. The molecule has 0 radical (unpaired) electrons. The number of nitriles is 1. The zero-order chi connectivity index (χ0) is 6.69. The lowest BCUT2D eigenvalue weighted by atomic mass is 10.1. The summed E-state index contributed by atoms with van der Waals surface area (Å²) in [5, 5.41) is 14.8. The van der Waals surface area contributed by atoms with E-state index in [9.17, 15) is 0 Å². The first-order valence-electron chi connectivity index (χ1n) is 2.73. The summed E-state index contributed by atoms with van der Waals surface area (Å²) >= 11 is 0. The summed E-state index contributed by atoms with van der Waals surface area (Å²) in [6.07, 6.45) is 3.39. The van der Waals surface area contributed by atoms with Crippen molar-refractivity contribution in [2.24, 2.45) is 0 Å². The van der Waals surface area contributed by atoms with Crippen LogP contribution in [0.25, 0.3) is 0 Å². The average Bonchev–Trinajstić information content (AvgIpc) is 2.37. The van der Waals surface area contributed by atoms with Crippen molar-refractivity contribution in [2.45, 2.75) is 12.8 Å². The Morgan fingerprint density at radius 3 is 3.11 bits per heavy atom. The maximum atomic E-state index is 8.41. The minimum atomic E-state index is -0.0521. The Kier molecular flexibility index (Phi) is 1.50. The van der Waals surface area contributed by atoms with Gasteiger partial charge in [-0.15, -0.1) is 0 Å². The Morgan fingerprint density at radius 1 is 1.89 bits per heavy atom. The summed E-state index contributed by atoms with van der Waals surface area (Å²) in [4.78, 5) is 0. The third-order valence-corrected chi connectivity index (χ3v) is 1.21. The molecule has 1 N–H and O–H groups in total. The second kappa shape index (κ2) is 2.31. The van der Waals surface area contributed by atoms with E-state index in [4.69, 9.17) is 5.26 Å². The minimum Gasteiger partial charge on any atom is -0.285 e. The first-order valence-corrected chi connectivity index (χ1v) is 2.73. The van der Waals surface area contributed by atoms with E-state index < -0.39 is 0 Å². The van der Waals surface area contributed by atoms with E-state index in [2.05, 4.69) is 16.3 Å². The lowest BCUT2D eigenvalue weighted by Crippen LogP contribution is -1.83. The molecule has 0 fully saturated rings. The molecule has 1 aromatic heterocycles. The summed E-state index contributed by atoms with van der Waals surface area (Å²) in [6.45, 7) is 1.84. The molecular formula is C6H7N3. The first kappa shape index (κ1) is 5.83. The van der Waals surface area contributed by atoms with Gasteiger partial charge in [-0.1, -0.05) is 0 Å². The van der Waals surface area contributed by atoms with Crippen molar-refractivity contribution in [3.05, 3.63) is 18.0 Å². The molecule has 46 valence electrons. The number of hydrogen-bond acceptors (Lipinski definition) is 2. The molecular weight excluding hydrogens is 114 g/mol. The highest BCUT2D eigenvalue weighted by Gasteiger charge is 2.01. The standard InChI is InChI=1S/C6H7N3/c1-5(2-7)6-3-8-9-4-6/h3-5H,1H3,(H,8,9). The van der Waals surface area contributed by atoms with Crippen molar-refractivity contribution < 1.29 is 0 Å². The van der Waals surface area contributed by atoms with E-state index in [1.165, 1.54) is 0 Å². The lowest BCUT2D eigenvalue weighted by molar-refractivity contribution is 0.984. The van der Waals surface area contributed by atoms with Crippen LogP contribution in [0.1, 0.15) is 18.4 Å². The van der Waals surface area contributed by atoms with Crippen LogP contribution >= 0.6 is 0 Å². The zero-order valence-corrected chi connectivity index (χ0v) is 5.13. The van der Waals surface area contributed by atoms with Gasteiger partial charge in [-0.2, -0.15) is 10.4 Å². The van der Waals surface area contributed by atoms with Crippen LogP contribution in [0.15, 0.2) is 12.4 Å². The van der Waals surface area contributed by atoms with E-state index >= 15 is 0 Å². The van der Waals surface area contributed by atoms with Gasteiger partial charge in [-0.3, -0.25) is 5.10 Å². The highest BCUT2D eigenvalue weighted by Crippen LogP contribution is 2.09. The zero-order valence-electron chi connectivity index (χ0n) is 5.13. The third kappa shape index (κ3) is 1.08. The molecule has 0 spiro atoms. The van der Waals surface area contributed by atoms with Crippen LogP contribution in [0.2, 0.25) is 0 Å². The highest BCUT2D eigenvalue weighted by atomic mass is 15.1. The Hall–Kier alpha value is -1.30. The van der Waals surface area contributed by atoms with Crippen molar-refractivity contribution in [1.29, 1.82) is 5.26 Å². The van der Waals surface area contributed by atoms with E-state index in [1.807, 2.05) is 6.92 Å². The topological polar surface area (TPSA) is 52.5 Å². The number of nitrogens with one attached hydrogen (secondary N) is 1. The normalized spacial score (nSPS) is 12.4. The summed E-state index contributed by atoms with van der Waals surface area (Å²) in [6, 6.07) is 2.11. The predicted molar refractivity (Wildman–Crippen MR) is 32.6 cm³/mol. The number of aromatic amines is 1. The fourth-order valence-corrected chi connectivity index (χ4v) is 0.572. The molecule has 3 nitrogen and oxygen atoms in total. The summed E-state index contributed by atoms with van der Waals surface area (Å²) < 4.78 is 0. The Labute approximate surface area is 53.3 Å². The molecule has 1 atom stereocenters. The first-order chi connectivity index (χ1) is 4.34. The van der Waals surface area contributed by atoms with Gasteiger partial charge in [-0.05, 0) is 6.92 Å². The molecule has 1 aromatic rings. The van der Waals surface area contributed by atoms with E-state index in [0.717, 1.165) is 5.56 Å². The van der Waals surface area contributed by atoms with Crippen LogP contribution in [0.3, 0.4) is 0 Å². The van der Waals surface area contributed by atoms with Crippen LogP contribution in [-0.4, -0.2) is 10.2 Å². The van der Waals surface area contributed by atoms with E-state index in [1.54, 1.807) is 12.4 Å². The second-order valence-electron chi connectivity index (χ2n) is 1.88. The summed E-state index contributed by atoms with van der Waals surface area (Å²) in [5.41, 5.74) is 0.942. The van der Waals surface area contributed by atoms with Gasteiger partial charge < -0.3 is 0 Å². The smallest absolute Gasteiger partial charge is 0.0715 e. The van der Waals surface area contributed by atoms with Crippen molar-refractivity contribution >= 4 is 0 Å². The SMILES string of the molecule is CC(C#N)c1cn[nH]c1. The molecule has 0 saturated carbocycles. The van der Waals surface area contributed by atoms with Crippen LogP contribution in [0.5, 0.6) is 0 Å². The third-order valence-electron chi connectivity index (χ3n) is 1.21. The van der Waals surface area contributed by atoms with Gasteiger partial charge in [0.1, 0.15) is 0 Å². The average molecular weight is 121 g/mol. The van der Waals surface area contributed by atoms with E-state index in [-0.39, 0.29) is 5.92 Å². The lowest BCUT2D eigenvalue weighted by Gasteiger charge is -1.91. The fraction of sp³-hybridized carbons (Fsp3) is 0.333. The number of H-pyrrole nitrogens is 1. The highest BCUT2D eigenvalue weighted by molar-refractivity contribution is 5.16. The molecule has 0 aliphatic heterocycles. The summed E-state index contributed by atoms with van der Waals surface area (Å²) in [7, 11) is 0. The summed E-state index contributed by atoms with van der Waals surface area (Å²) in [5.74, 6) is -0.0521. The maximum Gasteiger partial charge on any atom is 0.0715 e. The molecule has 1 heterocycles. The van der Waals surface area contributed by atoms with E-state index in [0.29, 0.717) is 0 Å². The molecule has 0 aliphatic carbocycles. The molecule has 0 saturated heterocycles. The van der Waals surface area contributed by atoms with Gasteiger partial charge in [0.25, 0.3) is 0 Å². The van der Waals surface area contributed by atoms with Crippen LogP contribution < -0.4 is 0 Å². The van der Waals surface area contributed by atoms with Gasteiger partial charge in [0, 0.05) is 11.8 Å². The van der Waals surface area contributed by atoms with Crippen molar-refractivity contribution in [1.82, 2.24) is 10.2 Å². The number of hydrogen-bond donors (Lipinski definition) is 1. The minimum absolute atomic E-state index is 0.0521. The van der Waals surface area contributed by atoms with Gasteiger partial charge in [0.15, 0.2) is 0 Å². The molecule has 0 aliphatic rings. The quantitative estimate of drug-likeness (QED) is 0.603. The molecule has 0 aromatic carbocycles.